The van der Waals surface area contributed by atoms with Crippen molar-refractivity contribution in [1.82, 2.24) is 0 Å². The van der Waals surface area contributed by atoms with Gasteiger partial charge in [-0.3, -0.25) is 0 Å². The van der Waals surface area contributed by atoms with Crippen LogP contribution in [0, 0.1) is 5.92 Å². The first-order valence-electron chi connectivity index (χ1n) is 5.03. The SMILES string of the molecule is CCCCC1=CCCCC1C. The molecule has 0 amide bonds. The maximum absolute atomic E-state index is 2.48. The zero-order valence-electron chi connectivity index (χ0n) is 7.90. The molecular formula is C11H20. The van der Waals surface area contributed by atoms with E-state index in [4.69, 9.17) is 0 Å². The molecule has 0 aromatic carbocycles. The fourth-order valence-electron chi connectivity index (χ4n) is 1.83. The van der Waals surface area contributed by atoms with Crippen LogP contribution in [0.3, 0.4) is 0 Å². The van der Waals surface area contributed by atoms with Crippen molar-refractivity contribution in [3.63, 3.8) is 0 Å². The van der Waals surface area contributed by atoms with Crippen molar-refractivity contribution in [2.45, 2.75) is 52.4 Å². The molecule has 1 aliphatic rings. The Bertz CT molecular complexity index is 133. The van der Waals surface area contributed by atoms with Crippen LogP contribution in [0.5, 0.6) is 0 Å². The first-order valence-corrected chi connectivity index (χ1v) is 5.03. The lowest BCUT2D eigenvalue weighted by atomic mass is 9.86. The van der Waals surface area contributed by atoms with Gasteiger partial charge >= 0.3 is 0 Å². The van der Waals surface area contributed by atoms with E-state index in [1.807, 2.05) is 0 Å². The van der Waals surface area contributed by atoms with Crippen molar-refractivity contribution >= 4 is 0 Å². The van der Waals surface area contributed by atoms with Crippen LogP contribution in [0.4, 0.5) is 0 Å². The van der Waals surface area contributed by atoms with Crippen molar-refractivity contribution < 1.29 is 0 Å². The zero-order valence-corrected chi connectivity index (χ0v) is 7.90. The molecule has 0 nitrogen and oxygen atoms in total. The first kappa shape index (κ1) is 8.83. The van der Waals surface area contributed by atoms with Gasteiger partial charge in [0.1, 0.15) is 0 Å². The Morgan fingerprint density at radius 3 is 3.00 bits per heavy atom. The lowest BCUT2D eigenvalue weighted by molar-refractivity contribution is 0.524. The van der Waals surface area contributed by atoms with Crippen LogP contribution < -0.4 is 0 Å². The van der Waals surface area contributed by atoms with Gasteiger partial charge in [-0.15, -0.1) is 0 Å². The van der Waals surface area contributed by atoms with Gasteiger partial charge in [-0.05, 0) is 38.0 Å². The summed E-state index contributed by atoms with van der Waals surface area (Å²) in [6.07, 6.45) is 10.7. The highest BCUT2D eigenvalue weighted by atomic mass is 14.2. The van der Waals surface area contributed by atoms with E-state index in [1.165, 1.54) is 38.5 Å². The minimum atomic E-state index is 0.885. The summed E-state index contributed by atoms with van der Waals surface area (Å²) in [7, 11) is 0. The fraction of sp³-hybridized carbons (Fsp3) is 0.818. The molecule has 0 saturated heterocycles. The minimum absolute atomic E-state index is 0.885. The molecule has 0 N–H and O–H groups in total. The molecule has 0 heteroatoms. The van der Waals surface area contributed by atoms with Gasteiger partial charge in [0, 0.05) is 0 Å². The van der Waals surface area contributed by atoms with Crippen LogP contribution in [-0.2, 0) is 0 Å². The van der Waals surface area contributed by atoms with Crippen LogP contribution >= 0.6 is 0 Å². The normalized spacial score (nSPS) is 24.9. The zero-order chi connectivity index (χ0) is 8.10. The standard InChI is InChI=1S/C11H20/c1-3-4-8-11-9-6-5-7-10(11)2/h9-10H,3-8H2,1-2H3. The van der Waals surface area contributed by atoms with Crippen LogP contribution in [0.25, 0.3) is 0 Å². The maximum Gasteiger partial charge on any atom is -0.0232 e. The highest BCUT2D eigenvalue weighted by Crippen LogP contribution is 2.27. The van der Waals surface area contributed by atoms with E-state index in [9.17, 15) is 0 Å². The third-order valence-corrected chi connectivity index (χ3v) is 2.70. The molecule has 1 atom stereocenters. The number of hydrogen-bond acceptors (Lipinski definition) is 0. The van der Waals surface area contributed by atoms with Crippen molar-refractivity contribution in [2.75, 3.05) is 0 Å². The van der Waals surface area contributed by atoms with E-state index in [2.05, 4.69) is 19.9 Å². The van der Waals surface area contributed by atoms with Gasteiger partial charge in [-0.1, -0.05) is 31.9 Å². The van der Waals surface area contributed by atoms with Crippen molar-refractivity contribution in [1.29, 1.82) is 0 Å². The molecule has 0 aromatic rings. The van der Waals surface area contributed by atoms with E-state index in [1.54, 1.807) is 5.57 Å². The van der Waals surface area contributed by atoms with E-state index in [-0.39, 0.29) is 0 Å². The molecule has 1 rings (SSSR count). The number of rotatable bonds is 3. The van der Waals surface area contributed by atoms with Gasteiger partial charge in [0.05, 0.1) is 0 Å². The summed E-state index contributed by atoms with van der Waals surface area (Å²) in [4.78, 5) is 0. The molecule has 0 spiro atoms. The molecule has 64 valence electrons. The van der Waals surface area contributed by atoms with Crippen LogP contribution in [0.15, 0.2) is 11.6 Å². The molecule has 0 fully saturated rings. The quantitative estimate of drug-likeness (QED) is 0.538. The highest BCUT2D eigenvalue weighted by molar-refractivity contribution is 5.08. The van der Waals surface area contributed by atoms with E-state index in [0.29, 0.717) is 0 Å². The van der Waals surface area contributed by atoms with Gasteiger partial charge in [-0.2, -0.15) is 0 Å². The summed E-state index contributed by atoms with van der Waals surface area (Å²) in [6.45, 7) is 4.65. The molecule has 0 aromatic heterocycles. The predicted molar refractivity (Wildman–Crippen MR) is 50.6 cm³/mol. The molecule has 1 aliphatic carbocycles. The molecule has 11 heavy (non-hydrogen) atoms. The van der Waals surface area contributed by atoms with Crippen LogP contribution in [0.1, 0.15) is 52.4 Å². The van der Waals surface area contributed by atoms with E-state index >= 15 is 0 Å². The largest absolute Gasteiger partial charge is 0.0851 e. The molecule has 0 saturated carbocycles. The second-order valence-electron chi connectivity index (χ2n) is 3.71. The monoisotopic (exact) mass is 152 g/mol. The summed E-state index contributed by atoms with van der Waals surface area (Å²) in [6, 6.07) is 0. The number of allylic oxidation sites excluding steroid dienone is 2. The molecule has 1 unspecified atom stereocenters. The lowest BCUT2D eigenvalue weighted by Crippen LogP contribution is -2.04. The fourth-order valence-corrected chi connectivity index (χ4v) is 1.83. The van der Waals surface area contributed by atoms with Crippen LogP contribution in [-0.4, -0.2) is 0 Å². The maximum atomic E-state index is 2.48. The lowest BCUT2D eigenvalue weighted by Gasteiger charge is -2.20. The average molecular weight is 152 g/mol. The van der Waals surface area contributed by atoms with Gasteiger partial charge in [0.25, 0.3) is 0 Å². The third kappa shape index (κ3) is 2.69. The average Bonchev–Trinajstić information content (AvgIpc) is 2.03. The van der Waals surface area contributed by atoms with Gasteiger partial charge in [-0.25, -0.2) is 0 Å². The summed E-state index contributed by atoms with van der Waals surface area (Å²) in [5, 5.41) is 0. The second kappa shape index (κ2) is 4.58. The summed E-state index contributed by atoms with van der Waals surface area (Å²) in [5.74, 6) is 0.885. The Kier molecular flexibility index (Phi) is 3.68. The van der Waals surface area contributed by atoms with Crippen molar-refractivity contribution in [3.05, 3.63) is 11.6 Å². The summed E-state index contributed by atoms with van der Waals surface area (Å²) < 4.78 is 0. The summed E-state index contributed by atoms with van der Waals surface area (Å²) in [5.41, 5.74) is 1.73. The predicted octanol–water partition coefficient (Wildman–Crippen LogP) is 3.92. The number of hydrogen-bond donors (Lipinski definition) is 0. The summed E-state index contributed by atoms with van der Waals surface area (Å²) >= 11 is 0. The Morgan fingerprint density at radius 1 is 1.55 bits per heavy atom. The first-order chi connectivity index (χ1) is 5.34. The van der Waals surface area contributed by atoms with Gasteiger partial charge < -0.3 is 0 Å². The van der Waals surface area contributed by atoms with E-state index in [0.717, 1.165) is 5.92 Å². The van der Waals surface area contributed by atoms with Crippen LogP contribution in [0.2, 0.25) is 0 Å². The van der Waals surface area contributed by atoms with E-state index < -0.39 is 0 Å². The number of unbranched alkanes of at least 4 members (excludes halogenated alkanes) is 1. The van der Waals surface area contributed by atoms with Gasteiger partial charge in [0.15, 0.2) is 0 Å². The molecule has 0 radical (unpaired) electrons. The Balaban J connectivity index is 2.34. The Labute approximate surface area is 70.7 Å². The van der Waals surface area contributed by atoms with Crippen molar-refractivity contribution in [3.8, 4) is 0 Å². The molecule has 0 heterocycles. The van der Waals surface area contributed by atoms with Gasteiger partial charge in [0.2, 0.25) is 0 Å². The molecular weight excluding hydrogens is 132 g/mol. The Morgan fingerprint density at radius 2 is 2.36 bits per heavy atom. The third-order valence-electron chi connectivity index (χ3n) is 2.70. The molecule has 0 bridgehead atoms. The smallest absolute Gasteiger partial charge is 0.0232 e. The Hall–Kier alpha value is -0.260. The minimum Gasteiger partial charge on any atom is -0.0851 e. The van der Waals surface area contributed by atoms with Crippen molar-refractivity contribution in [2.24, 2.45) is 5.92 Å². The molecule has 0 aliphatic heterocycles. The topological polar surface area (TPSA) is 0 Å². The second-order valence-corrected chi connectivity index (χ2v) is 3.71. The highest BCUT2D eigenvalue weighted by Gasteiger charge is 2.11.